The fourth-order valence-electron chi connectivity index (χ4n) is 3.67. The minimum atomic E-state index is -1.20. The number of para-hydroxylation sites is 2. The van der Waals surface area contributed by atoms with Gasteiger partial charge in [0, 0.05) is 0 Å². The molecule has 2 aliphatic rings. The van der Waals surface area contributed by atoms with Crippen molar-refractivity contribution in [1.29, 1.82) is 0 Å². The number of nitrogens with one attached hydrogen (secondary N) is 1. The fourth-order valence-corrected chi connectivity index (χ4v) is 3.67. The molecule has 8 heteroatoms. The van der Waals surface area contributed by atoms with E-state index in [-0.39, 0.29) is 19.2 Å². The van der Waals surface area contributed by atoms with Crippen LogP contribution in [-0.4, -0.2) is 33.6 Å². The van der Waals surface area contributed by atoms with E-state index >= 15 is 0 Å². The normalized spacial score (nSPS) is 20.4. The Morgan fingerprint density at radius 1 is 1.07 bits per heavy atom. The monoisotopic (exact) mass is 390 g/mol. The van der Waals surface area contributed by atoms with E-state index in [1.165, 1.54) is 4.90 Å². The lowest BCUT2D eigenvalue weighted by Gasteiger charge is -2.22. The highest BCUT2D eigenvalue weighted by Gasteiger charge is 2.49. The molecule has 29 heavy (non-hydrogen) atoms. The van der Waals surface area contributed by atoms with Crippen molar-refractivity contribution in [3.63, 3.8) is 0 Å². The second kappa shape index (κ2) is 6.16. The third kappa shape index (κ3) is 2.67. The Morgan fingerprint density at radius 3 is 2.59 bits per heavy atom. The summed E-state index contributed by atoms with van der Waals surface area (Å²) in [5.74, 6) is 0.823. The zero-order chi connectivity index (χ0) is 20.2. The van der Waals surface area contributed by atoms with Crippen molar-refractivity contribution in [2.75, 3.05) is 6.79 Å². The van der Waals surface area contributed by atoms with E-state index in [4.69, 9.17) is 9.47 Å². The number of urea groups is 1. The molecule has 0 radical (unpaired) electrons. The standard InChI is InChI=1S/C21H18N4O4/c1-12-16(23-15-6-4-3-5-14(15)22-12)10-25-19(26)21(2,24-20(25)27)13-7-8-17-18(9-13)29-11-28-17/h3-9H,10-11H2,1-2H3,(H,24,27). The molecule has 1 saturated heterocycles. The first-order valence-corrected chi connectivity index (χ1v) is 9.22. The Balaban J connectivity index is 1.47. The molecule has 0 aliphatic carbocycles. The van der Waals surface area contributed by atoms with E-state index in [9.17, 15) is 9.59 Å². The van der Waals surface area contributed by atoms with Crippen molar-refractivity contribution >= 4 is 23.0 Å². The topological polar surface area (TPSA) is 93.7 Å². The number of benzene rings is 2. The zero-order valence-corrected chi connectivity index (χ0v) is 15.9. The Hall–Kier alpha value is -3.68. The van der Waals surface area contributed by atoms with Crippen molar-refractivity contribution in [3.05, 3.63) is 59.4 Å². The fraction of sp³-hybridized carbons (Fsp3) is 0.238. The number of imide groups is 1. The lowest BCUT2D eigenvalue weighted by atomic mass is 9.91. The Bertz CT molecular complexity index is 1180. The van der Waals surface area contributed by atoms with Crippen molar-refractivity contribution in [2.24, 2.45) is 0 Å². The van der Waals surface area contributed by atoms with E-state index in [1.54, 1.807) is 25.1 Å². The van der Waals surface area contributed by atoms with E-state index in [2.05, 4.69) is 15.3 Å². The molecule has 0 bridgehead atoms. The third-order valence-electron chi connectivity index (χ3n) is 5.38. The van der Waals surface area contributed by atoms with Gasteiger partial charge in [-0.2, -0.15) is 0 Å². The smallest absolute Gasteiger partial charge is 0.325 e. The lowest BCUT2D eigenvalue weighted by molar-refractivity contribution is -0.131. The van der Waals surface area contributed by atoms with Crippen LogP contribution in [0.3, 0.4) is 0 Å². The van der Waals surface area contributed by atoms with Crippen LogP contribution in [-0.2, 0) is 16.9 Å². The SMILES string of the molecule is Cc1nc2ccccc2nc1CN1C(=O)NC(C)(c2ccc3c(c2)OCO3)C1=O. The first-order valence-electron chi connectivity index (χ1n) is 9.22. The van der Waals surface area contributed by atoms with Crippen molar-refractivity contribution < 1.29 is 19.1 Å². The molecule has 1 aromatic heterocycles. The van der Waals surface area contributed by atoms with Crippen LogP contribution in [0.5, 0.6) is 11.5 Å². The van der Waals surface area contributed by atoms with Gasteiger partial charge < -0.3 is 14.8 Å². The van der Waals surface area contributed by atoms with E-state index in [0.717, 1.165) is 11.0 Å². The first kappa shape index (κ1) is 17.4. The number of ether oxygens (including phenoxy) is 2. The predicted octanol–water partition coefficient (Wildman–Crippen LogP) is 2.63. The highest BCUT2D eigenvalue weighted by Crippen LogP contribution is 2.38. The van der Waals surface area contributed by atoms with Crippen LogP contribution in [0.2, 0.25) is 0 Å². The zero-order valence-electron chi connectivity index (χ0n) is 15.9. The van der Waals surface area contributed by atoms with Gasteiger partial charge in [0.1, 0.15) is 5.54 Å². The molecule has 3 aromatic rings. The average Bonchev–Trinajstić information content (AvgIpc) is 3.26. The molecule has 146 valence electrons. The number of aryl methyl sites for hydroxylation is 1. The van der Waals surface area contributed by atoms with Gasteiger partial charge >= 0.3 is 6.03 Å². The predicted molar refractivity (Wildman–Crippen MR) is 103 cm³/mol. The number of rotatable bonds is 3. The molecule has 0 spiro atoms. The van der Waals surface area contributed by atoms with Crippen LogP contribution < -0.4 is 14.8 Å². The molecule has 2 aromatic carbocycles. The van der Waals surface area contributed by atoms with Crippen LogP contribution in [0.1, 0.15) is 23.9 Å². The number of aromatic nitrogens is 2. The molecule has 1 fully saturated rings. The summed E-state index contributed by atoms with van der Waals surface area (Å²) in [6.45, 7) is 3.70. The van der Waals surface area contributed by atoms with Crippen molar-refractivity contribution in [3.8, 4) is 11.5 Å². The number of carbonyl (C=O) groups excluding carboxylic acids is 2. The second-order valence-corrected chi connectivity index (χ2v) is 7.26. The van der Waals surface area contributed by atoms with Gasteiger partial charge in [0.2, 0.25) is 6.79 Å². The van der Waals surface area contributed by atoms with Crippen LogP contribution in [0.15, 0.2) is 42.5 Å². The van der Waals surface area contributed by atoms with Gasteiger partial charge in [-0.25, -0.2) is 14.8 Å². The minimum absolute atomic E-state index is 0.0501. The lowest BCUT2D eigenvalue weighted by Crippen LogP contribution is -2.40. The maximum atomic E-state index is 13.2. The van der Waals surface area contributed by atoms with Crippen LogP contribution in [0.25, 0.3) is 11.0 Å². The summed E-state index contributed by atoms with van der Waals surface area (Å²) in [5.41, 5.74) is 2.19. The molecule has 1 unspecified atom stereocenters. The number of fused-ring (bicyclic) bond motifs is 2. The molecule has 1 atom stereocenters. The first-order chi connectivity index (χ1) is 14.0. The summed E-state index contributed by atoms with van der Waals surface area (Å²) in [7, 11) is 0. The summed E-state index contributed by atoms with van der Waals surface area (Å²) in [6, 6.07) is 12.3. The molecule has 5 rings (SSSR count). The van der Waals surface area contributed by atoms with Crippen molar-refractivity contribution in [2.45, 2.75) is 25.9 Å². The molecule has 0 saturated carbocycles. The Kier molecular flexibility index (Phi) is 3.70. The van der Waals surface area contributed by atoms with E-state index in [1.807, 2.05) is 31.2 Å². The Labute approximate surface area is 166 Å². The molecule has 3 amide bonds. The Morgan fingerprint density at radius 2 is 1.79 bits per heavy atom. The van der Waals surface area contributed by atoms with E-state index in [0.29, 0.717) is 28.5 Å². The van der Waals surface area contributed by atoms with Gasteiger partial charge in [-0.15, -0.1) is 0 Å². The van der Waals surface area contributed by atoms with Gasteiger partial charge in [-0.05, 0) is 43.7 Å². The highest BCUT2D eigenvalue weighted by molar-refractivity contribution is 6.07. The largest absolute Gasteiger partial charge is 0.454 e. The number of carbonyl (C=O) groups is 2. The molecule has 3 heterocycles. The van der Waals surface area contributed by atoms with Gasteiger partial charge in [0.25, 0.3) is 5.91 Å². The maximum absolute atomic E-state index is 13.2. The summed E-state index contributed by atoms with van der Waals surface area (Å²) in [4.78, 5) is 36.2. The molecular formula is C21H18N4O4. The van der Waals surface area contributed by atoms with Crippen LogP contribution in [0.4, 0.5) is 4.79 Å². The summed E-state index contributed by atoms with van der Waals surface area (Å²) >= 11 is 0. The van der Waals surface area contributed by atoms with Gasteiger partial charge in [0.15, 0.2) is 11.5 Å². The van der Waals surface area contributed by atoms with E-state index < -0.39 is 11.6 Å². The summed E-state index contributed by atoms with van der Waals surface area (Å²) < 4.78 is 10.7. The van der Waals surface area contributed by atoms with Gasteiger partial charge in [0.05, 0.1) is 29.0 Å². The number of amides is 3. The van der Waals surface area contributed by atoms with Gasteiger partial charge in [-0.1, -0.05) is 18.2 Å². The molecule has 2 aliphatic heterocycles. The van der Waals surface area contributed by atoms with Crippen LogP contribution in [0, 0.1) is 6.92 Å². The number of nitrogens with zero attached hydrogens (tertiary/aromatic N) is 3. The van der Waals surface area contributed by atoms with Gasteiger partial charge in [-0.3, -0.25) is 9.69 Å². The number of hydrogen-bond donors (Lipinski definition) is 1. The average molecular weight is 390 g/mol. The number of hydrogen-bond acceptors (Lipinski definition) is 6. The molecule has 1 N–H and O–H groups in total. The second-order valence-electron chi connectivity index (χ2n) is 7.26. The maximum Gasteiger partial charge on any atom is 0.325 e. The molecule has 8 nitrogen and oxygen atoms in total. The summed E-state index contributed by atoms with van der Waals surface area (Å²) in [5, 5.41) is 2.81. The quantitative estimate of drug-likeness (QED) is 0.691. The van der Waals surface area contributed by atoms with Crippen LogP contribution >= 0.6 is 0 Å². The minimum Gasteiger partial charge on any atom is -0.454 e. The van der Waals surface area contributed by atoms with Crippen molar-refractivity contribution in [1.82, 2.24) is 20.2 Å². The third-order valence-corrected chi connectivity index (χ3v) is 5.38. The highest BCUT2D eigenvalue weighted by atomic mass is 16.7. The molecular weight excluding hydrogens is 372 g/mol. The summed E-state index contributed by atoms with van der Waals surface area (Å²) in [6.07, 6.45) is 0.